The maximum Gasteiger partial charge on any atom is 0.166 e. The van der Waals surface area contributed by atoms with Gasteiger partial charge in [0.25, 0.3) is 0 Å². The minimum absolute atomic E-state index is 0.124. The summed E-state index contributed by atoms with van der Waals surface area (Å²) in [6.45, 7) is 5.80. The van der Waals surface area contributed by atoms with Crippen molar-refractivity contribution in [3.63, 3.8) is 0 Å². The van der Waals surface area contributed by atoms with Crippen LogP contribution in [0.3, 0.4) is 0 Å². The van der Waals surface area contributed by atoms with Crippen LogP contribution < -0.4 is 4.74 Å². The molecule has 110 valence electrons. The molecule has 0 saturated carbocycles. The summed E-state index contributed by atoms with van der Waals surface area (Å²) in [6, 6.07) is 5.65. The van der Waals surface area contributed by atoms with Gasteiger partial charge in [-0.25, -0.2) is 0 Å². The Morgan fingerprint density at radius 2 is 2.05 bits per heavy atom. The molecule has 0 aromatic heterocycles. The molecule has 1 aliphatic heterocycles. The number of ether oxygens (including phenoxy) is 1. The molecule has 1 saturated heterocycles. The van der Waals surface area contributed by atoms with Gasteiger partial charge in [-0.1, -0.05) is 29.3 Å². The van der Waals surface area contributed by atoms with E-state index in [0.29, 0.717) is 24.3 Å². The zero-order valence-electron chi connectivity index (χ0n) is 12.0. The Bertz CT molecular complexity index is 456. The second-order valence-electron chi connectivity index (χ2n) is 5.17. The van der Waals surface area contributed by atoms with Gasteiger partial charge in [0, 0.05) is 17.4 Å². The number of benzene rings is 1. The Hall–Kier alpha value is -0.870. The summed E-state index contributed by atoms with van der Waals surface area (Å²) < 4.78 is 6.75. The molecule has 1 fully saturated rings. The van der Waals surface area contributed by atoms with Crippen molar-refractivity contribution < 1.29 is 9.53 Å². The van der Waals surface area contributed by atoms with Crippen molar-refractivity contribution in [3.05, 3.63) is 28.2 Å². The molecule has 0 radical (unpaired) electrons. The molecule has 1 heterocycles. The molecule has 4 heteroatoms. The topological polar surface area (TPSA) is 29.5 Å². The SMILES string of the molecule is CCC(=O)c1cc(Br)ccc1OCCN1CCCCC1. The van der Waals surface area contributed by atoms with Crippen LogP contribution in [0.1, 0.15) is 43.0 Å². The number of hydrogen-bond acceptors (Lipinski definition) is 3. The van der Waals surface area contributed by atoms with Crippen LogP contribution in [-0.4, -0.2) is 36.9 Å². The van der Waals surface area contributed by atoms with Gasteiger partial charge in [-0.3, -0.25) is 9.69 Å². The van der Waals surface area contributed by atoms with Crippen LogP contribution in [-0.2, 0) is 0 Å². The van der Waals surface area contributed by atoms with Gasteiger partial charge in [-0.15, -0.1) is 0 Å². The molecule has 2 rings (SSSR count). The lowest BCUT2D eigenvalue weighted by molar-refractivity contribution is 0.0983. The highest BCUT2D eigenvalue weighted by molar-refractivity contribution is 9.10. The first-order chi connectivity index (χ1) is 9.70. The average molecular weight is 340 g/mol. The Kier molecular flexibility index (Phi) is 6.05. The second-order valence-corrected chi connectivity index (χ2v) is 6.08. The maximum atomic E-state index is 11.9. The Morgan fingerprint density at radius 1 is 1.30 bits per heavy atom. The van der Waals surface area contributed by atoms with Crippen LogP contribution in [0.2, 0.25) is 0 Å². The van der Waals surface area contributed by atoms with Gasteiger partial charge in [0.1, 0.15) is 12.4 Å². The van der Waals surface area contributed by atoms with Gasteiger partial charge in [-0.2, -0.15) is 0 Å². The van der Waals surface area contributed by atoms with Crippen molar-refractivity contribution in [2.75, 3.05) is 26.2 Å². The number of hydrogen-bond donors (Lipinski definition) is 0. The van der Waals surface area contributed by atoms with E-state index in [0.717, 1.165) is 11.0 Å². The predicted molar refractivity (Wildman–Crippen MR) is 84.5 cm³/mol. The lowest BCUT2D eigenvalue weighted by atomic mass is 10.1. The standard InChI is InChI=1S/C16H22BrNO2/c1-2-15(19)14-12-13(17)6-7-16(14)20-11-10-18-8-4-3-5-9-18/h6-7,12H,2-5,8-11H2,1H3. The van der Waals surface area contributed by atoms with Crippen LogP contribution in [0.4, 0.5) is 0 Å². The summed E-state index contributed by atoms with van der Waals surface area (Å²) in [7, 11) is 0. The second kappa shape index (κ2) is 7.79. The number of carbonyl (C=O) groups is 1. The van der Waals surface area contributed by atoms with Crippen molar-refractivity contribution >= 4 is 21.7 Å². The molecule has 0 spiro atoms. The van der Waals surface area contributed by atoms with Crippen molar-refractivity contribution in [3.8, 4) is 5.75 Å². The van der Waals surface area contributed by atoms with Crippen LogP contribution in [0, 0.1) is 0 Å². The van der Waals surface area contributed by atoms with E-state index < -0.39 is 0 Å². The zero-order valence-corrected chi connectivity index (χ0v) is 13.6. The number of carbonyl (C=O) groups excluding carboxylic acids is 1. The number of halogens is 1. The van der Waals surface area contributed by atoms with Crippen LogP contribution in [0.15, 0.2) is 22.7 Å². The number of ketones is 1. The molecule has 0 atom stereocenters. The van der Waals surface area contributed by atoms with Gasteiger partial charge >= 0.3 is 0 Å². The average Bonchev–Trinajstić information content (AvgIpc) is 2.49. The van der Waals surface area contributed by atoms with E-state index in [-0.39, 0.29) is 5.78 Å². The summed E-state index contributed by atoms with van der Waals surface area (Å²) in [6.07, 6.45) is 4.42. The van der Waals surface area contributed by atoms with Crippen LogP contribution in [0.25, 0.3) is 0 Å². The minimum atomic E-state index is 0.124. The number of nitrogens with zero attached hydrogens (tertiary/aromatic N) is 1. The monoisotopic (exact) mass is 339 g/mol. The van der Waals surface area contributed by atoms with Gasteiger partial charge in [0.15, 0.2) is 5.78 Å². The van der Waals surface area contributed by atoms with E-state index in [4.69, 9.17) is 4.74 Å². The molecular formula is C16H22BrNO2. The van der Waals surface area contributed by atoms with E-state index in [1.165, 1.54) is 32.4 Å². The lowest BCUT2D eigenvalue weighted by Gasteiger charge is -2.26. The molecule has 1 aromatic rings. The molecule has 0 aliphatic carbocycles. The number of likely N-dealkylation sites (tertiary alicyclic amines) is 1. The molecule has 1 aromatic carbocycles. The summed E-state index contributed by atoms with van der Waals surface area (Å²) in [5.41, 5.74) is 0.681. The maximum absolute atomic E-state index is 11.9. The first-order valence-electron chi connectivity index (χ1n) is 7.38. The summed E-state index contributed by atoms with van der Waals surface area (Å²) in [4.78, 5) is 14.4. The highest BCUT2D eigenvalue weighted by Gasteiger charge is 2.13. The molecule has 0 unspecified atom stereocenters. The largest absolute Gasteiger partial charge is 0.491 e. The predicted octanol–water partition coefficient (Wildman–Crippen LogP) is 3.91. The summed E-state index contributed by atoms with van der Waals surface area (Å²) in [5.74, 6) is 0.830. The first-order valence-corrected chi connectivity index (χ1v) is 8.18. The van der Waals surface area contributed by atoms with Crippen LogP contribution in [0.5, 0.6) is 5.75 Å². The molecule has 0 N–H and O–H groups in total. The normalized spacial score (nSPS) is 16.1. The van der Waals surface area contributed by atoms with Crippen molar-refractivity contribution in [1.29, 1.82) is 0 Å². The van der Waals surface area contributed by atoms with Gasteiger partial charge in [0.2, 0.25) is 0 Å². The smallest absolute Gasteiger partial charge is 0.166 e. The Balaban J connectivity index is 1.92. The fourth-order valence-corrected chi connectivity index (χ4v) is 2.87. The molecule has 20 heavy (non-hydrogen) atoms. The van der Waals surface area contributed by atoms with Crippen molar-refractivity contribution in [2.24, 2.45) is 0 Å². The number of Topliss-reactive ketones (excluding diaryl/α,β-unsaturated/α-hetero) is 1. The molecular weight excluding hydrogens is 318 g/mol. The molecule has 3 nitrogen and oxygen atoms in total. The van der Waals surface area contributed by atoms with E-state index in [2.05, 4.69) is 20.8 Å². The van der Waals surface area contributed by atoms with E-state index in [9.17, 15) is 4.79 Å². The quantitative estimate of drug-likeness (QED) is 0.736. The minimum Gasteiger partial charge on any atom is -0.491 e. The number of rotatable bonds is 6. The fourth-order valence-electron chi connectivity index (χ4n) is 2.50. The highest BCUT2D eigenvalue weighted by atomic mass is 79.9. The van der Waals surface area contributed by atoms with Gasteiger partial charge in [-0.05, 0) is 44.1 Å². The van der Waals surface area contributed by atoms with Crippen molar-refractivity contribution in [2.45, 2.75) is 32.6 Å². The third-order valence-corrected chi connectivity index (χ3v) is 4.17. The lowest BCUT2D eigenvalue weighted by Crippen LogP contribution is -2.33. The third kappa shape index (κ3) is 4.32. The Labute approximate surface area is 129 Å². The summed E-state index contributed by atoms with van der Waals surface area (Å²) >= 11 is 3.41. The molecule has 1 aliphatic rings. The van der Waals surface area contributed by atoms with E-state index >= 15 is 0 Å². The molecule has 0 bridgehead atoms. The third-order valence-electron chi connectivity index (χ3n) is 3.68. The highest BCUT2D eigenvalue weighted by Crippen LogP contribution is 2.24. The summed E-state index contributed by atoms with van der Waals surface area (Å²) in [5, 5.41) is 0. The number of piperidine rings is 1. The van der Waals surface area contributed by atoms with Gasteiger partial charge < -0.3 is 4.74 Å². The van der Waals surface area contributed by atoms with Crippen molar-refractivity contribution in [1.82, 2.24) is 4.90 Å². The van der Waals surface area contributed by atoms with E-state index in [1.54, 1.807) is 0 Å². The molecule has 0 amide bonds. The van der Waals surface area contributed by atoms with Gasteiger partial charge in [0.05, 0.1) is 5.56 Å². The zero-order chi connectivity index (χ0) is 14.4. The first kappa shape index (κ1) is 15.5. The van der Waals surface area contributed by atoms with Crippen LogP contribution >= 0.6 is 15.9 Å². The van der Waals surface area contributed by atoms with E-state index in [1.807, 2.05) is 25.1 Å². The Morgan fingerprint density at radius 3 is 2.75 bits per heavy atom. The fraction of sp³-hybridized carbons (Fsp3) is 0.562.